The quantitative estimate of drug-likeness (QED) is 0.642. The van der Waals surface area contributed by atoms with Crippen LogP contribution in [0.1, 0.15) is 24.6 Å². The Bertz CT molecular complexity index is 569. The fourth-order valence-electron chi connectivity index (χ4n) is 1.52. The number of hydrogen-bond donors (Lipinski definition) is 0. The summed E-state index contributed by atoms with van der Waals surface area (Å²) < 4.78 is 1.86. The summed E-state index contributed by atoms with van der Waals surface area (Å²) in [7, 11) is 0. The van der Waals surface area contributed by atoms with Crippen LogP contribution in [0.25, 0.3) is 0 Å². The molecule has 0 saturated heterocycles. The molecule has 0 spiro atoms. The van der Waals surface area contributed by atoms with Crippen molar-refractivity contribution in [1.82, 2.24) is 25.2 Å². The van der Waals surface area contributed by atoms with E-state index in [0.29, 0.717) is 22.0 Å². The molecule has 1 fully saturated rings. The molecular formula is C10H9Cl2N5S. The molecule has 0 unspecified atom stereocenters. The molecule has 5 nitrogen and oxygen atoms in total. The van der Waals surface area contributed by atoms with Gasteiger partial charge in [0.25, 0.3) is 0 Å². The molecule has 2 aromatic rings. The topological polar surface area (TPSA) is 56.5 Å². The third-order valence-electron chi connectivity index (χ3n) is 2.58. The lowest BCUT2D eigenvalue weighted by atomic mass is 10.4. The normalized spacial score (nSPS) is 15.0. The van der Waals surface area contributed by atoms with E-state index >= 15 is 0 Å². The highest BCUT2D eigenvalue weighted by atomic mass is 35.5. The van der Waals surface area contributed by atoms with E-state index in [2.05, 4.69) is 20.5 Å². The zero-order chi connectivity index (χ0) is 12.5. The SMILES string of the molecule is Clc1ccc(Cl)c(CSc2nnnn2C2CC2)n1. The maximum absolute atomic E-state index is 6.06. The van der Waals surface area contributed by atoms with Crippen LogP contribution in [0.15, 0.2) is 17.3 Å². The van der Waals surface area contributed by atoms with Gasteiger partial charge in [0.1, 0.15) is 5.15 Å². The Morgan fingerprint density at radius 1 is 1.33 bits per heavy atom. The maximum atomic E-state index is 6.06. The maximum Gasteiger partial charge on any atom is 0.209 e. The lowest BCUT2D eigenvalue weighted by Gasteiger charge is -2.04. The number of thioether (sulfide) groups is 1. The molecule has 18 heavy (non-hydrogen) atoms. The van der Waals surface area contributed by atoms with E-state index < -0.39 is 0 Å². The second kappa shape index (κ2) is 5.03. The first kappa shape index (κ1) is 12.2. The van der Waals surface area contributed by atoms with Gasteiger partial charge >= 0.3 is 0 Å². The van der Waals surface area contributed by atoms with Gasteiger partial charge in [0.05, 0.1) is 16.8 Å². The number of tetrazole rings is 1. The summed E-state index contributed by atoms with van der Waals surface area (Å²) in [6, 6.07) is 3.88. The van der Waals surface area contributed by atoms with Crippen LogP contribution in [0.5, 0.6) is 0 Å². The van der Waals surface area contributed by atoms with Crippen LogP contribution in [0.4, 0.5) is 0 Å². The monoisotopic (exact) mass is 301 g/mol. The Kier molecular flexibility index (Phi) is 3.41. The van der Waals surface area contributed by atoms with E-state index in [-0.39, 0.29) is 0 Å². The van der Waals surface area contributed by atoms with Crippen LogP contribution in [-0.2, 0) is 5.75 Å². The molecule has 0 aliphatic heterocycles. The minimum absolute atomic E-state index is 0.441. The van der Waals surface area contributed by atoms with Gasteiger partial charge in [0.2, 0.25) is 5.16 Å². The van der Waals surface area contributed by atoms with Gasteiger partial charge in [-0.2, -0.15) is 0 Å². The van der Waals surface area contributed by atoms with Crippen LogP contribution in [-0.4, -0.2) is 25.2 Å². The van der Waals surface area contributed by atoms with Crippen molar-refractivity contribution < 1.29 is 0 Å². The smallest absolute Gasteiger partial charge is 0.209 e. The molecule has 0 bridgehead atoms. The third kappa shape index (κ3) is 2.60. The summed E-state index contributed by atoms with van der Waals surface area (Å²) in [5.41, 5.74) is 0.750. The van der Waals surface area contributed by atoms with Crippen molar-refractivity contribution in [2.45, 2.75) is 29.8 Å². The van der Waals surface area contributed by atoms with E-state index in [4.69, 9.17) is 23.2 Å². The Balaban J connectivity index is 1.73. The molecule has 1 saturated carbocycles. The van der Waals surface area contributed by atoms with Gasteiger partial charge < -0.3 is 0 Å². The Morgan fingerprint density at radius 2 is 2.17 bits per heavy atom. The standard InChI is InChI=1S/C10H9Cl2N5S/c11-7-3-4-9(12)13-8(7)5-18-10-14-15-16-17(10)6-1-2-6/h3-4,6H,1-2,5H2. The second-order valence-electron chi connectivity index (χ2n) is 3.99. The highest BCUT2D eigenvalue weighted by Gasteiger charge is 2.27. The molecule has 0 aromatic carbocycles. The molecular weight excluding hydrogens is 293 g/mol. The van der Waals surface area contributed by atoms with Crippen LogP contribution in [0.2, 0.25) is 10.2 Å². The molecule has 1 aliphatic rings. The predicted molar refractivity (Wildman–Crippen MR) is 69.9 cm³/mol. The van der Waals surface area contributed by atoms with Gasteiger partial charge in [-0.3, -0.25) is 0 Å². The summed E-state index contributed by atoms with van der Waals surface area (Å²) in [6.45, 7) is 0. The first-order valence-corrected chi connectivity index (χ1v) is 7.20. The number of aromatic nitrogens is 5. The third-order valence-corrected chi connectivity index (χ3v) is 4.08. The van der Waals surface area contributed by atoms with Crippen molar-refractivity contribution in [2.75, 3.05) is 0 Å². The fourth-order valence-corrected chi connectivity index (χ4v) is 2.83. The Morgan fingerprint density at radius 3 is 2.94 bits per heavy atom. The van der Waals surface area contributed by atoms with Crippen molar-refractivity contribution in [1.29, 1.82) is 0 Å². The van der Waals surface area contributed by atoms with Crippen LogP contribution in [0, 0.1) is 0 Å². The summed E-state index contributed by atoms with van der Waals surface area (Å²) in [4.78, 5) is 4.20. The zero-order valence-electron chi connectivity index (χ0n) is 9.25. The molecule has 94 valence electrons. The molecule has 3 rings (SSSR count). The summed E-state index contributed by atoms with van der Waals surface area (Å²) >= 11 is 13.4. The van der Waals surface area contributed by atoms with E-state index in [1.807, 2.05) is 4.68 Å². The van der Waals surface area contributed by atoms with Crippen LogP contribution >= 0.6 is 35.0 Å². The zero-order valence-corrected chi connectivity index (χ0v) is 11.6. The lowest BCUT2D eigenvalue weighted by Crippen LogP contribution is -1.99. The van der Waals surface area contributed by atoms with Crippen molar-refractivity contribution >= 4 is 35.0 Å². The molecule has 0 N–H and O–H groups in total. The molecule has 1 aliphatic carbocycles. The van der Waals surface area contributed by atoms with Gasteiger partial charge in [-0.25, -0.2) is 9.67 Å². The number of nitrogens with zero attached hydrogens (tertiary/aromatic N) is 5. The average molecular weight is 302 g/mol. The van der Waals surface area contributed by atoms with Crippen molar-refractivity contribution in [2.24, 2.45) is 0 Å². The number of pyridine rings is 1. The highest BCUT2D eigenvalue weighted by Crippen LogP contribution is 2.37. The predicted octanol–water partition coefficient (Wildman–Crippen LogP) is 3.00. The highest BCUT2D eigenvalue weighted by molar-refractivity contribution is 7.98. The van der Waals surface area contributed by atoms with Crippen LogP contribution in [0.3, 0.4) is 0 Å². The molecule has 2 aromatic heterocycles. The minimum Gasteiger partial charge on any atom is -0.239 e. The molecule has 0 amide bonds. The number of rotatable bonds is 4. The van der Waals surface area contributed by atoms with Crippen molar-refractivity contribution in [3.8, 4) is 0 Å². The first-order valence-electron chi connectivity index (χ1n) is 5.45. The van der Waals surface area contributed by atoms with Crippen LogP contribution < -0.4 is 0 Å². The van der Waals surface area contributed by atoms with Gasteiger partial charge in [-0.15, -0.1) is 5.10 Å². The second-order valence-corrected chi connectivity index (χ2v) is 5.73. The Labute approximate surface area is 118 Å². The average Bonchev–Trinajstić information content (AvgIpc) is 3.10. The summed E-state index contributed by atoms with van der Waals surface area (Å²) in [6.07, 6.45) is 2.30. The molecule has 8 heteroatoms. The van der Waals surface area contributed by atoms with E-state index in [9.17, 15) is 0 Å². The van der Waals surface area contributed by atoms with Gasteiger partial charge in [-0.1, -0.05) is 35.0 Å². The van der Waals surface area contributed by atoms with Gasteiger partial charge in [-0.05, 0) is 35.4 Å². The lowest BCUT2D eigenvalue weighted by molar-refractivity contribution is 0.565. The van der Waals surface area contributed by atoms with E-state index in [1.165, 1.54) is 11.8 Å². The number of hydrogen-bond acceptors (Lipinski definition) is 5. The minimum atomic E-state index is 0.441. The summed E-state index contributed by atoms with van der Waals surface area (Å²) in [5.74, 6) is 0.604. The number of halogens is 2. The molecule has 2 heterocycles. The molecule has 0 radical (unpaired) electrons. The summed E-state index contributed by atoms with van der Waals surface area (Å²) in [5, 5.41) is 13.5. The van der Waals surface area contributed by atoms with E-state index in [0.717, 1.165) is 23.7 Å². The van der Waals surface area contributed by atoms with Crippen molar-refractivity contribution in [3.05, 3.63) is 28.0 Å². The Hall–Kier alpha value is -0.850. The van der Waals surface area contributed by atoms with E-state index in [1.54, 1.807) is 12.1 Å². The first-order chi connectivity index (χ1) is 8.74. The largest absolute Gasteiger partial charge is 0.239 e. The molecule has 0 atom stereocenters. The van der Waals surface area contributed by atoms with Gasteiger partial charge in [0, 0.05) is 5.75 Å². The van der Waals surface area contributed by atoms with Crippen molar-refractivity contribution in [3.63, 3.8) is 0 Å². The van der Waals surface area contributed by atoms with Gasteiger partial charge in [0.15, 0.2) is 0 Å². The fraction of sp³-hybridized carbons (Fsp3) is 0.400.